The molecule has 0 N–H and O–H groups in total. The summed E-state index contributed by atoms with van der Waals surface area (Å²) in [7, 11) is 0. The van der Waals surface area contributed by atoms with Crippen molar-refractivity contribution in [3.05, 3.63) is 0 Å². The summed E-state index contributed by atoms with van der Waals surface area (Å²) in [6.07, 6.45) is 0. The van der Waals surface area contributed by atoms with Crippen molar-refractivity contribution in [2.45, 2.75) is 0 Å². The van der Waals surface area contributed by atoms with E-state index in [2.05, 4.69) is 0 Å². The van der Waals surface area contributed by atoms with Crippen LogP contribution >= 0.6 is 19.8 Å². The fourth-order valence-corrected chi connectivity index (χ4v) is 0. The van der Waals surface area contributed by atoms with Gasteiger partial charge in [0.15, 0.2) is 0 Å². The molecule has 0 saturated heterocycles. The second-order valence-electron chi connectivity index (χ2n) is 0. The third-order valence-electron chi connectivity index (χ3n) is 0. The summed E-state index contributed by atoms with van der Waals surface area (Å²) in [5.74, 6) is 0. The number of hydrogen-bond donors (Lipinski definition) is 0. The molecular weight excluding hydrogens is 360 g/mol. The Bertz CT molecular complexity index is 25.3. The molecule has 0 rings (SSSR count). The molecule has 0 fully saturated rings. The van der Waals surface area contributed by atoms with Crippen molar-refractivity contribution in [2.24, 2.45) is 0 Å². The molecule has 2 atom stereocenters. The van der Waals surface area contributed by atoms with Gasteiger partial charge in [-0.15, -0.1) is 0 Å². The minimum Gasteiger partial charge on any atom is -2.00 e. The summed E-state index contributed by atoms with van der Waals surface area (Å²) in [5.41, 5.74) is 0. The topological polar surface area (TPSA) is 85.5 Å². The Labute approximate surface area is 131 Å². The van der Waals surface area contributed by atoms with Crippen LogP contribution in [0.5, 0.6) is 0 Å². The van der Waals surface area contributed by atoms with Crippen LogP contribution in [0.3, 0.4) is 0 Å². The van der Waals surface area contributed by atoms with Crippen LogP contribution in [-0.2, 0) is 16.4 Å². The van der Waals surface area contributed by atoms with Crippen LogP contribution in [0.15, 0.2) is 0 Å². The average Bonchev–Trinajstić information content (AvgIpc) is 0. The van der Waals surface area contributed by atoms with Gasteiger partial charge in [0.1, 0.15) is 0 Å². The van der Waals surface area contributed by atoms with Gasteiger partial charge in [-0.05, 0) is 0 Å². The first-order valence-electron chi connectivity index (χ1n) is 0. The van der Waals surface area contributed by atoms with Gasteiger partial charge in [-0.1, -0.05) is 0 Å². The van der Waals surface area contributed by atoms with Crippen LogP contribution in [-0.4, -0.2) is 96.2 Å². The van der Waals surface area contributed by atoms with Crippen molar-refractivity contribution in [1.82, 2.24) is 0 Å². The fraction of sp³-hybridized carbons (Fsp3) is 0. The van der Waals surface area contributed by atoms with Crippen LogP contribution in [0.2, 0.25) is 0 Å². The van der Waals surface area contributed by atoms with Gasteiger partial charge in [0.25, 0.3) is 0 Å². The van der Waals surface area contributed by atoms with Crippen molar-refractivity contribution in [1.29, 1.82) is 0 Å². The molecule has 0 saturated carbocycles. The Balaban J connectivity index is 0. The Morgan fingerprint density at radius 3 is 0.455 bits per heavy atom. The molecular formula is H6Al2Ga2O3P2Si2. The molecule has 0 aromatic heterocycles. The predicted octanol–water partition coefficient (Wildman–Crippen LogP) is -2.53. The molecule has 11 heteroatoms. The molecule has 0 aromatic rings. The third kappa shape index (κ3) is 145. The second-order valence-corrected chi connectivity index (χ2v) is 0. The second kappa shape index (κ2) is 172. The van der Waals surface area contributed by atoms with Gasteiger partial charge in [0.2, 0.25) is 0 Å². The molecule has 11 heavy (non-hydrogen) atoms. The normalized spacial score (nSPS) is 0. The predicted molar refractivity (Wildman–Crippen MR) is 58.8 cm³/mol. The molecule has 0 amide bonds. The molecule has 0 aliphatic heterocycles. The molecule has 0 bridgehead atoms. The van der Waals surface area contributed by atoms with Crippen LogP contribution in [0, 0.1) is 0 Å². The van der Waals surface area contributed by atoms with Crippen LogP contribution in [0.4, 0.5) is 0 Å². The van der Waals surface area contributed by atoms with Crippen molar-refractivity contribution in [3.63, 3.8) is 0 Å². The first kappa shape index (κ1) is 215. The van der Waals surface area contributed by atoms with Crippen LogP contribution in [0.1, 0.15) is 0 Å². The van der Waals surface area contributed by atoms with E-state index in [4.69, 9.17) is 0 Å². The molecule has 14 radical (unpaired) electrons. The van der Waals surface area contributed by atoms with Gasteiger partial charge in [-0.3, -0.25) is 0 Å². The largest absolute Gasteiger partial charge is 3.00 e. The summed E-state index contributed by atoms with van der Waals surface area (Å²) in [6.45, 7) is 0. The fourth-order valence-electron chi connectivity index (χ4n) is 0. The Morgan fingerprint density at radius 2 is 0.455 bits per heavy atom. The van der Waals surface area contributed by atoms with E-state index in [1.165, 1.54) is 0 Å². The average molecular weight is 366 g/mol. The van der Waals surface area contributed by atoms with Crippen LogP contribution < -0.4 is 0 Å². The maximum Gasteiger partial charge on any atom is 3.00 e. The molecule has 0 heterocycles. The minimum atomic E-state index is 0. The standard InChI is InChI=1S/2Al.2Ga.3O.2H3P.2Si/h;;;;;;;2*1H3;;/q2*+3;;;3*-2;;;;. The molecule has 54 valence electrons. The zero-order valence-electron chi connectivity index (χ0n) is 5.95. The number of rotatable bonds is 0. The molecule has 3 nitrogen and oxygen atoms in total. The van der Waals surface area contributed by atoms with E-state index in [0.29, 0.717) is 0 Å². The van der Waals surface area contributed by atoms with E-state index in [0.717, 1.165) is 0 Å². The Morgan fingerprint density at radius 1 is 0.455 bits per heavy atom. The molecule has 0 aliphatic rings. The molecule has 2 unspecified atom stereocenters. The van der Waals surface area contributed by atoms with Gasteiger partial charge >= 0.3 is 34.7 Å². The SMILES string of the molecule is P.P.[Al+3].[Al+3].[Ga].[Ga].[O-2].[O-2].[O-2].[Si].[Si]. The van der Waals surface area contributed by atoms with E-state index in [9.17, 15) is 0 Å². The zero-order valence-corrected chi connectivity index (χ0v) is 17.9. The monoisotopic (exact) mass is 364 g/mol. The first-order chi connectivity index (χ1) is 0. The Kier molecular flexibility index (Phi) is 3350. The van der Waals surface area contributed by atoms with E-state index in [-0.39, 0.29) is 132 Å². The van der Waals surface area contributed by atoms with Crippen molar-refractivity contribution in [2.75, 3.05) is 0 Å². The zero-order chi connectivity index (χ0) is 0. The van der Waals surface area contributed by atoms with Crippen LogP contribution in [0.25, 0.3) is 0 Å². The van der Waals surface area contributed by atoms with Crippen molar-refractivity contribution < 1.29 is 16.4 Å². The molecule has 0 spiro atoms. The molecule has 0 aromatic carbocycles. The maximum atomic E-state index is 0. The van der Waals surface area contributed by atoms with Crippen molar-refractivity contribution >= 4 is 116 Å². The van der Waals surface area contributed by atoms with E-state index in [1.54, 1.807) is 0 Å². The summed E-state index contributed by atoms with van der Waals surface area (Å²) in [5, 5.41) is 0. The van der Waals surface area contributed by atoms with E-state index < -0.39 is 0 Å². The summed E-state index contributed by atoms with van der Waals surface area (Å²) in [6, 6.07) is 0. The summed E-state index contributed by atoms with van der Waals surface area (Å²) >= 11 is 0. The van der Waals surface area contributed by atoms with Gasteiger partial charge in [0, 0.05) is 61.5 Å². The molecule has 0 aliphatic carbocycles. The number of hydrogen-bond acceptors (Lipinski definition) is 0. The minimum absolute atomic E-state index is 0. The van der Waals surface area contributed by atoms with E-state index in [1.807, 2.05) is 0 Å². The van der Waals surface area contributed by atoms with E-state index >= 15 is 0 Å². The van der Waals surface area contributed by atoms with Gasteiger partial charge in [0.05, 0.1) is 0 Å². The van der Waals surface area contributed by atoms with Gasteiger partial charge in [-0.2, -0.15) is 19.8 Å². The van der Waals surface area contributed by atoms with Gasteiger partial charge < -0.3 is 16.4 Å². The summed E-state index contributed by atoms with van der Waals surface area (Å²) in [4.78, 5) is 0. The summed E-state index contributed by atoms with van der Waals surface area (Å²) < 4.78 is 0. The quantitative estimate of drug-likeness (QED) is 0.335. The third-order valence-corrected chi connectivity index (χ3v) is 0. The van der Waals surface area contributed by atoms with Crippen molar-refractivity contribution in [3.8, 4) is 0 Å². The van der Waals surface area contributed by atoms with Gasteiger partial charge in [-0.25, -0.2) is 0 Å². The maximum absolute atomic E-state index is 0. The first-order valence-corrected chi connectivity index (χ1v) is 0. The smallest absolute Gasteiger partial charge is 2.00 e. The Hall–Kier alpha value is 3.51.